The van der Waals surface area contributed by atoms with Gasteiger partial charge in [0, 0.05) is 10.2 Å². The molecule has 0 unspecified atom stereocenters. The molecule has 1 fully saturated rings. The second-order valence-electron chi connectivity index (χ2n) is 4.44. The largest absolute Gasteiger partial charge is 0.368 e. The van der Waals surface area contributed by atoms with Crippen LogP contribution >= 0.6 is 27.5 Å². The van der Waals surface area contributed by atoms with Crippen molar-refractivity contribution < 1.29 is 9.53 Å². The average Bonchev–Trinajstić information content (AvgIpc) is 2.42. The van der Waals surface area contributed by atoms with E-state index >= 15 is 0 Å². The van der Waals surface area contributed by atoms with Gasteiger partial charge in [-0.25, -0.2) is 0 Å². The highest BCUT2D eigenvalue weighted by molar-refractivity contribution is 9.10. The maximum absolute atomic E-state index is 11.7. The predicted molar refractivity (Wildman–Crippen MR) is 79.6 cm³/mol. The number of carbonyl (C=O) groups is 1. The van der Waals surface area contributed by atoms with Gasteiger partial charge in [0.1, 0.15) is 6.61 Å². The van der Waals surface area contributed by atoms with Gasteiger partial charge in [-0.3, -0.25) is 4.79 Å². The number of halogens is 2. The Labute approximate surface area is 126 Å². The molecule has 1 aliphatic heterocycles. The summed E-state index contributed by atoms with van der Waals surface area (Å²) < 4.78 is 6.38. The molecule has 104 valence electrons. The van der Waals surface area contributed by atoms with Crippen LogP contribution < -0.4 is 10.6 Å². The van der Waals surface area contributed by atoms with Crippen molar-refractivity contribution in [3.63, 3.8) is 0 Å². The molecule has 1 aliphatic rings. The number of amides is 1. The minimum atomic E-state index is -0.156. The number of hydrogen-bond donors (Lipinski definition) is 2. The number of carbonyl (C=O) groups excluding carboxylic acids is 1. The van der Waals surface area contributed by atoms with Gasteiger partial charge in [-0.1, -0.05) is 11.6 Å². The van der Waals surface area contributed by atoms with Crippen LogP contribution in [0.5, 0.6) is 0 Å². The second kappa shape index (κ2) is 7.24. The van der Waals surface area contributed by atoms with E-state index in [0.29, 0.717) is 10.7 Å². The monoisotopic (exact) mass is 346 g/mol. The van der Waals surface area contributed by atoms with E-state index in [1.165, 1.54) is 0 Å². The van der Waals surface area contributed by atoms with Gasteiger partial charge in [0.15, 0.2) is 0 Å². The molecule has 4 nitrogen and oxygen atoms in total. The van der Waals surface area contributed by atoms with Gasteiger partial charge < -0.3 is 15.4 Å². The normalized spacial score (nSPS) is 16.3. The number of piperidine rings is 1. The van der Waals surface area contributed by atoms with Crippen molar-refractivity contribution in [1.82, 2.24) is 5.32 Å². The average molecular weight is 348 g/mol. The van der Waals surface area contributed by atoms with E-state index in [-0.39, 0.29) is 18.6 Å². The number of benzene rings is 1. The maximum Gasteiger partial charge on any atom is 0.250 e. The Bertz CT molecular complexity index is 450. The van der Waals surface area contributed by atoms with Crippen molar-refractivity contribution in [2.45, 2.75) is 18.9 Å². The van der Waals surface area contributed by atoms with Gasteiger partial charge in [0.05, 0.1) is 11.1 Å². The van der Waals surface area contributed by atoms with Crippen LogP contribution in [0.3, 0.4) is 0 Å². The van der Waals surface area contributed by atoms with E-state index in [4.69, 9.17) is 16.3 Å². The summed E-state index contributed by atoms with van der Waals surface area (Å²) >= 11 is 9.26. The van der Waals surface area contributed by atoms with Crippen LogP contribution in [0.15, 0.2) is 22.7 Å². The van der Waals surface area contributed by atoms with Gasteiger partial charge in [-0.2, -0.15) is 0 Å². The lowest BCUT2D eigenvalue weighted by atomic mass is 10.1. The third kappa shape index (κ3) is 4.76. The zero-order chi connectivity index (χ0) is 13.7. The van der Waals surface area contributed by atoms with Crippen LogP contribution in [0, 0.1) is 0 Å². The Balaban J connectivity index is 1.78. The number of ether oxygens (including phenoxy) is 1. The van der Waals surface area contributed by atoms with Crippen LogP contribution in [0.4, 0.5) is 5.69 Å². The Kier molecular flexibility index (Phi) is 5.63. The Morgan fingerprint density at radius 1 is 1.47 bits per heavy atom. The summed E-state index contributed by atoms with van der Waals surface area (Å²) in [6, 6.07) is 5.29. The third-order valence-electron chi connectivity index (χ3n) is 2.94. The summed E-state index contributed by atoms with van der Waals surface area (Å²) in [5, 5.41) is 6.59. The number of rotatable bonds is 4. The maximum atomic E-state index is 11.7. The minimum Gasteiger partial charge on any atom is -0.368 e. The molecule has 0 aromatic heterocycles. The molecule has 0 atom stereocenters. The molecule has 1 aromatic rings. The fraction of sp³-hybridized carbons (Fsp3) is 0.462. The lowest BCUT2D eigenvalue weighted by Crippen LogP contribution is -2.34. The van der Waals surface area contributed by atoms with E-state index in [9.17, 15) is 4.79 Å². The van der Waals surface area contributed by atoms with Crippen LogP contribution in [-0.4, -0.2) is 31.7 Å². The lowest BCUT2D eigenvalue weighted by Gasteiger charge is -2.22. The first kappa shape index (κ1) is 14.8. The molecule has 2 N–H and O–H groups in total. The molecule has 0 saturated carbocycles. The lowest BCUT2D eigenvalue weighted by molar-refractivity contribution is -0.123. The van der Waals surface area contributed by atoms with Crippen molar-refractivity contribution in [2.75, 3.05) is 25.0 Å². The van der Waals surface area contributed by atoms with E-state index in [1.807, 2.05) is 0 Å². The molecule has 6 heteroatoms. The van der Waals surface area contributed by atoms with Gasteiger partial charge in [-0.15, -0.1) is 0 Å². The topological polar surface area (TPSA) is 50.4 Å². The molecule has 1 amide bonds. The molecule has 19 heavy (non-hydrogen) atoms. The van der Waals surface area contributed by atoms with Crippen LogP contribution in [0.1, 0.15) is 12.8 Å². The highest BCUT2D eigenvalue weighted by Gasteiger charge is 2.14. The van der Waals surface area contributed by atoms with Crippen molar-refractivity contribution in [2.24, 2.45) is 0 Å². The molecule has 2 rings (SSSR count). The van der Waals surface area contributed by atoms with Crippen molar-refractivity contribution in [1.29, 1.82) is 0 Å². The molecular formula is C13H16BrClN2O2. The van der Waals surface area contributed by atoms with E-state index < -0.39 is 0 Å². The Morgan fingerprint density at radius 3 is 2.89 bits per heavy atom. The summed E-state index contributed by atoms with van der Waals surface area (Å²) in [4.78, 5) is 11.7. The number of nitrogens with one attached hydrogen (secondary N) is 2. The molecule has 1 saturated heterocycles. The highest BCUT2D eigenvalue weighted by atomic mass is 79.9. The van der Waals surface area contributed by atoms with Gasteiger partial charge in [0.25, 0.3) is 0 Å². The highest BCUT2D eigenvalue weighted by Crippen LogP contribution is 2.25. The van der Waals surface area contributed by atoms with Gasteiger partial charge >= 0.3 is 0 Å². The number of hydrogen-bond acceptors (Lipinski definition) is 3. The first-order valence-corrected chi connectivity index (χ1v) is 7.39. The first-order valence-electron chi connectivity index (χ1n) is 6.22. The fourth-order valence-electron chi connectivity index (χ4n) is 1.93. The fourth-order valence-corrected chi connectivity index (χ4v) is 2.35. The quantitative estimate of drug-likeness (QED) is 0.880. The van der Waals surface area contributed by atoms with Crippen molar-refractivity contribution in [3.05, 3.63) is 27.7 Å². The summed E-state index contributed by atoms with van der Waals surface area (Å²) in [5.41, 5.74) is 0.673. The van der Waals surface area contributed by atoms with Crippen LogP contribution in [0.2, 0.25) is 5.02 Å². The van der Waals surface area contributed by atoms with E-state index in [0.717, 1.165) is 30.4 Å². The predicted octanol–water partition coefficient (Wildman–Crippen LogP) is 2.81. The van der Waals surface area contributed by atoms with Gasteiger partial charge in [-0.05, 0) is 60.1 Å². The van der Waals surface area contributed by atoms with Crippen LogP contribution in [0.25, 0.3) is 0 Å². The Morgan fingerprint density at radius 2 is 2.21 bits per heavy atom. The van der Waals surface area contributed by atoms with E-state index in [1.54, 1.807) is 18.2 Å². The number of anilines is 1. The smallest absolute Gasteiger partial charge is 0.250 e. The molecule has 0 aliphatic carbocycles. The SMILES string of the molecule is O=C(COC1CCNCC1)Nc1ccc(Br)c(Cl)c1. The summed E-state index contributed by atoms with van der Waals surface area (Å²) in [7, 11) is 0. The molecule has 0 spiro atoms. The van der Waals surface area contributed by atoms with Crippen molar-refractivity contribution in [3.8, 4) is 0 Å². The van der Waals surface area contributed by atoms with Crippen molar-refractivity contribution >= 4 is 39.1 Å². The van der Waals surface area contributed by atoms with Gasteiger partial charge in [0.2, 0.25) is 5.91 Å². The second-order valence-corrected chi connectivity index (χ2v) is 5.70. The van der Waals surface area contributed by atoms with E-state index in [2.05, 4.69) is 26.6 Å². The molecule has 0 bridgehead atoms. The molecule has 1 aromatic carbocycles. The molecular weight excluding hydrogens is 332 g/mol. The standard InChI is InChI=1S/C13H16BrClN2O2/c14-11-2-1-9(7-12(11)15)17-13(18)8-19-10-3-5-16-6-4-10/h1-2,7,10,16H,3-6,8H2,(H,17,18). The minimum absolute atomic E-state index is 0.0817. The third-order valence-corrected chi connectivity index (χ3v) is 4.17. The Hall–Kier alpha value is -0.620. The van der Waals surface area contributed by atoms with Crippen LogP contribution in [-0.2, 0) is 9.53 Å². The zero-order valence-corrected chi connectivity index (χ0v) is 12.8. The summed E-state index contributed by atoms with van der Waals surface area (Å²) in [6.45, 7) is 1.99. The zero-order valence-electron chi connectivity index (χ0n) is 10.4. The first-order chi connectivity index (χ1) is 9.15. The summed E-state index contributed by atoms with van der Waals surface area (Å²) in [6.07, 6.45) is 2.09. The summed E-state index contributed by atoms with van der Waals surface area (Å²) in [5.74, 6) is -0.156. The molecule has 0 radical (unpaired) electrons. The molecule has 1 heterocycles.